The molecular weight excluding hydrogens is 132 g/mol. The third-order valence-corrected chi connectivity index (χ3v) is 1.59. The Morgan fingerprint density at radius 2 is 2.10 bits per heavy atom. The molecule has 0 spiro atoms. The second kappa shape index (κ2) is 3.56. The molecule has 0 bridgehead atoms. The monoisotopic (exact) mass is 146 g/mol. The topological polar surface area (TPSA) is 46.5 Å². The molecule has 0 aliphatic carbocycles. The number of carboxylic acids is 1. The van der Waals surface area contributed by atoms with Gasteiger partial charge in [0.25, 0.3) is 0 Å². The fourth-order valence-corrected chi connectivity index (χ4v) is 0.634. The molecule has 1 N–H and O–H groups in total. The van der Waals surface area contributed by atoms with Gasteiger partial charge in [0.2, 0.25) is 0 Å². The molecule has 3 nitrogen and oxygen atoms in total. The van der Waals surface area contributed by atoms with Crippen LogP contribution in [0.2, 0.25) is 0 Å². The maximum absolute atomic E-state index is 10.5. The smallest absolute Gasteiger partial charge is 0.335 e. The molecule has 0 aromatic rings. The molecule has 0 unspecified atom stereocenters. The molecule has 0 fully saturated rings. The van der Waals surface area contributed by atoms with Crippen molar-refractivity contribution in [3.8, 4) is 0 Å². The summed E-state index contributed by atoms with van der Waals surface area (Å²) in [6.45, 7) is 5.61. The first-order valence-corrected chi connectivity index (χ1v) is 3.44. The summed E-state index contributed by atoms with van der Waals surface area (Å²) in [7, 11) is 0. The van der Waals surface area contributed by atoms with Gasteiger partial charge in [0.15, 0.2) is 5.60 Å². The Bertz CT molecular complexity index is 122. The van der Waals surface area contributed by atoms with Gasteiger partial charge in [-0.05, 0) is 20.3 Å². The molecule has 0 aliphatic heterocycles. The lowest BCUT2D eigenvalue weighted by molar-refractivity contribution is -0.163. The minimum absolute atomic E-state index is 0.441. The number of hydrogen-bond donors (Lipinski definition) is 1. The van der Waals surface area contributed by atoms with E-state index in [0.29, 0.717) is 13.0 Å². The lowest BCUT2D eigenvalue weighted by Gasteiger charge is -2.22. The van der Waals surface area contributed by atoms with Crippen LogP contribution < -0.4 is 0 Å². The van der Waals surface area contributed by atoms with Crippen LogP contribution in [-0.2, 0) is 9.53 Å². The van der Waals surface area contributed by atoms with Crippen molar-refractivity contribution >= 4 is 5.97 Å². The van der Waals surface area contributed by atoms with Crippen molar-refractivity contribution in [1.29, 1.82) is 0 Å². The molecule has 0 rings (SSSR count). The highest BCUT2D eigenvalue weighted by molar-refractivity contribution is 5.76. The van der Waals surface area contributed by atoms with Crippen LogP contribution in [0.25, 0.3) is 0 Å². The van der Waals surface area contributed by atoms with Crippen molar-refractivity contribution < 1.29 is 14.6 Å². The van der Waals surface area contributed by atoms with Crippen LogP contribution in [0.4, 0.5) is 0 Å². The second-order valence-corrected chi connectivity index (χ2v) is 2.32. The Kier molecular flexibility index (Phi) is 3.36. The Hall–Kier alpha value is -0.570. The van der Waals surface area contributed by atoms with E-state index in [1.807, 2.05) is 0 Å². The summed E-state index contributed by atoms with van der Waals surface area (Å²) in [5, 5.41) is 8.64. The summed E-state index contributed by atoms with van der Waals surface area (Å²) in [5.74, 6) is -0.892. The molecule has 1 atom stereocenters. The van der Waals surface area contributed by atoms with Gasteiger partial charge in [-0.2, -0.15) is 0 Å². The average Bonchev–Trinajstić information content (AvgIpc) is 1.88. The highest BCUT2D eigenvalue weighted by Gasteiger charge is 2.30. The molecule has 60 valence electrons. The number of hydrogen-bond acceptors (Lipinski definition) is 2. The van der Waals surface area contributed by atoms with Gasteiger partial charge in [0, 0.05) is 6.61 Å². The molecule has 0 heterocycles. The SMILES string of the molecule is CCO[C@](C)(CC)C(=O)O. The summed E-state index contributed by atoms with van der Waals surface area (Å²) in [4.78, 5) is 10.5. The van der Waals surface area contributed by atoms with E-state index >= 15 is 0 Å². The summed E-state index contributed by atoms with van der Waals surface area (Å²) in [6.07, 6.45) is 0.496. The van der Waals surface area contributed by atoms with E-state index < -0.39 is 11.6 Å². The first-order chi connectivity index (χ1) is 4.56. The van der Waals surface area contributed by atoms with Crippen LogP contribution in [0.15, 0.2) is 0 Å². The molecule has 0 saturated heterocycles. The van der Waals surface area contributed by atoms with E-state index in [1.165, 1.54) is 0 Å². The van der Waals surface area contributed by atoms with Gasteiger partial charge in [-0.3, -0.25) is 0 Å². The Morgan fingerprint density at radius 3 is 2.20 bits per heavy atom. The summed E-state index contributed by atoms with van der Waals surface area (Å²) in [5.41, 5.74) is -0.991. The van der Waals surface area contributed by atoms with Crippen molar-refractivity contribution in [3.05, 3.63) is 0 Å². The maximum Gasteiger partial charge on any atom is 0.335 e. The van der Waals surface area contributed by atoms with E-state index in [9.17, 15) is 4.79 Å². The van der Waals surface area contributed by atoms with E-state index in [-0.39, 0.29) is 0 Å². The number of carboxylic acid groups (broad SMARTS) is 1. The molecule has 0 saturated carbocycles. The molecule has 10 heavy (non-hydrogen) atoms. The molecule has 0 aromatic heterocycles. The first-order valence-electron chi connectivity index (χ1n) is 3.44. The quantitative estimate of drug-likeness (QED) is 0.649. The number of carbonyl (C=O) groups is 1. The molecule has 0 aliphatic rings. The van der Waals surface area contributed by atoms with Crippen molar-refractivity contribution in [2.45, 2.75) is 32.8 Å². The second-order valence-electron chi connectivity index (χ2n) is 2.32. The number of aliphatic carboxylic acids is 1. The minimum atomic E-state index is -0.991. The van der Waals surface area contributed by atoms with Crippen molar-refractivity contribution in [2.75, 3.05) is 6.61 Å². The van der Waals surface area contributed by atoms with Crippen LogP contribution >= 0.6 is 0 Å². The van der Waals surface area contributed by atoms with E-state index in [0.717, 1.165) is 0 Å². The van der Waals surface area contributed by atoms with Crippen LogP contribution in [0.3, 0.4) is 0 Å². The highest BCUT2D eigenvalue weighted by Crippen LogP contribution is 2.14. The van der Waals surface area contributed by atoms with Crippen molar-refractivity contribution in [3.63, 3.8) is 0 Å². The van der Waals surface area contributed by atoms with Gasteiger partial charge < -0.3 is 9.84 Å². The summed E-state index contributed by atoms with van der Waals surface area (Å²) < 4.78 is 5.04. The van der Waals surface area contributed by atoms with E-state index in [4.69, 9.17) is 9.84 Å². The van der Waals surface area contributed by atoms with Crippen LogP contribution in [0.5, 0.6) is 0 Å². The third kappa shape index (κ3) is 1.99. The zero-order valence-electron chi connectivity index (χ0n) is 6.68. The molecule has 3 heteroatoms. The lowest BCUT2D eigenvalue weighted by atomic mass is 10.0. The zero-order valence-corrected chi connectivity index (χ0v) is 6.68. The van der Waals surface area contributed by atoms with Crippen LogP contribution in [0, 0.1) is 0 Å². The zero-order chi connectivity index (χ0) is 8.20. The van der Waals surface area contributed by atoms with Gasteiger partial charge >= 0.3 is 5.97 Å². The third-order valence-electron chi connectivity index (χ3n) is 1.59. The Labute approximate surface area is 61.0 Å². The average molecular weight is 146 g/mol. The summed E-state index contributed by atoms with van der Waals surface area (Å²) in [6, 6.07) is 0. The van der Waals surface area contributed by atoms with Crippen molar-refractivity contribution in [2.24, 2.45) is 0 Å². The lowest BCUT2D eigenvalue weighted by Crippen LogP contribution is -2.37. The minimum Gasteiger partial charge on any atom is -0.479 e. The predicted octanol–water partition coefficient (Wildman–Crippen LogP) is 1.28. The van der Waals surface area contributed by atoms with Crippen LogP contribution in [0.1, 0.15) is 27.2 Å². The molecule has 0 radical (unpaired) electrons. The Morgan fingerprint density at radius 1 is 1.60 bits per heavy atom. The van der Waals surface area contributed by atoms with Gasteiger partial charge in [-0.1, -0.05) is 6.92 Å². The molecule has 0 aromatic carbocycles. The van der Waals surface area contributed by atoms with E-state index in [1.54, 1.807) is 20.8 Å². The molecular formula is C7H14O3. The first kappa shape index (κ1) is 9.43. The largest absolute Gasteiger partial charge is 0.479 e. The van der Waals surface area contributed by atoms with Crippen LogP contribution in [-0.4, -0.2) is 23.3 Å². The standard InChI is InChI=1S/C7H14O3/c1-4-7(3,6(8)9)10-5-2/h4-5H2,1-3H3,(H,8,9)/t7-/m1/s1. The Balaban J connectivity index is 4.08. The molecule has 0 amide bonds. The normalized spacial score (nSPS) is 16.3. The van der Waals surface area contributed by atoms with Crippen molar-refractivity contribution in [1.82, 2.24) is 0 Å². The van der Waals surface area contributed by atoms with E-state index in [2.05, 4.69) is 0 Å². The summed E-state index contributed by atoms with van der Waals surface area (Å²) >= 11 is 0. The maximum atomic E-state index is 10.5. The fraction of sp³-hybridized carbons (Fsp3) is 0.857. The van der Waals surface area contributed by atoms with Gasteiger partial charge in [-0.15, -0.1) is 0 Å². The van der Waals surface area contributed by atoms with Gasteiger partial charge in [0.1, 0.15) is 0 Å². The fourth-order valence-electron chi connectivity index (χ4n) is 0.634. The van der Waals surface area contributed by atoms with Gasteiger partial charge in [0.05, 0.1) is 0 Å². The number of rotatable bonds is 4. The predicted molar refractivity (Wildman–Crippen MR) is 38.0 cm³/mol. The number of ether oxygens (including phenoxy) is 1. The van der Waals surface area contributed by atoms with Gasteiger partial charge in [-0.25, -0.2) is 4.79 Å². The highest BCUT2D eigenvalue weighted by atomic mass is 16.5.